The van der Waals surface area contributed by atoms with Gasteiger partial charge in [-0.3, -0.25) is 0 Å². The summed E-state index contributed by atoms with van der Waals surface area (Å²) in [4.78, 5) is 0. The number of rotatable bonds is 15. The maximum atomic E-state index is 9.75. The predicted octanol–water partition coefficient (Wildman–Crippen LogP) is 15.9. The molecule has 0 saturated carbocycles. The first kappa shape index (κ1) is 48.6. The molecular weight excluding hydrogens is 850 g/mol. The lowest BCUT2D eigenvalue weighted by Gasteiger charge is -2.13. The van der Waals surface area contributed by atoms with Crippen molar-refractivity contribution in [2.24, 2.45) is 0 Å². The van der Waals surface area contributed by atoms with Crippen molar-refractivity contribution in [2.75, 3.05) is 0 Å². The number of hydrogen-bond donors (Lipinski definition) is 0. The van der Waals surface area contributed by atoms with E-state index in [-0.39, 0.29) is 0 Å². The molecule has 66 heavy (non-hydrogen) atoms. The van der Waals surface area contributed by atoms with Gasteiger partial charge in [0.15, 0.2) is 0 Å². The van der Waals surface area contributed by atoms with Crippen molar-refractivity contribution in [3.63, 3.8) is 0 Å². The number of aromatic nitrogens is 2. The highest BCUT2D eigenvalue weighted by molar-refractivity contribution is 6.50. The monoisotopic (exact) mass is 900 g/mol. The van der Waals surface area contributed by atoms with Crippen LogP contribution >= 0.6 is 0 Å². The number of unbranched alkanes of at least 4 members (excludes halogenated alkanes) is 5. The zero-order valence-electron chi connectivity index (χ0n) is 36.4. The molecule has 0 aliphatic rings. The van der Waals surface area contributed by atoms with Gasteiger partial charge in [-0.25, -0.2) is 0 Å². The van der Waals surface area contributed by atoms with Crippen LogP contribution in [-0.4, -0.2) is 14.5 Å². The first-order valence-corrected chi connectivity index (χ1v) is 22.0. The number of halogens is 8. The maximum Gasteiger partial charge on any atom is 0.673 e. The molecule has 0 radical (unpaired) electrons. The Balaban J connectivity index is 0.000000652. The highest BCUT2D eigenvalue weighted by atomic mass is 19.5. The first-order chi connectivity index (χ1) is 31.8. The average Bonchev–Trinajstić information content (AvgIpc) is 3.32. The van der Waals surface area contributed by atoms with Gasteiger partial charge in [0.05, 0.1) is 0 Å². The van der Waals surface area contributed by atoms with Crippen LogP contribution in [0.1, 0.15) is 38.5 Å². The molecule has 8 aromatic rings. The van der Waals surface area contributed by atoms with Crippen molar-refractivity contribution in [2.45, 2.75) is 51.6 Å². The average molecular weight is 901 g/mol. The Bertz CT molecular complexity index is 2350. The fourth-order valence-corrected chi connectivity index (χ4v) is 7.96. The molecule has 2 heterocycles. The molecule has 0 N–H and O–H groups in total. The summed E-state index contributed by atoms with van der Waals surface area (Å²) in [6, 6.07) is 74.7. The van der Waals surface area contributed by atoms with Crippen LogP contribution in [0.3, 0.4) is 0 Å². The van der Waals surface area contributed by atoms with E-state index in [0.29, 0.717) is 0 Å². The highest BCUT2D eigenvalue weighted by Gasteiger charge is 2.25. The van der Waals surface area contributed by atoms with Gasteiger partial charge in [0.2, 0.25) is 22.8 Å². The highest BCUT2D eigenvalue weighted by Crippen LogP contribution is 2.31. The fourth-order valence-electron chi connectivity index (χ4n) is 7.96. The van der Waals surface area contributed by atoms with Gasteiger partial charge in [-0.15, -0.1) is 0 Å². The third-order valence-electron chi connectivity index (χ3n) is 10.8. The summed E-state index contributed by atoms with van der Waals surface area (Å²) < 4.78 is 83.1. The van der Waals surface area contributed by atoms with Gasteiger partial charge < -0.3 is 34.5 Å². The van der Waals surface area contributed by atoms with Crippen molar-refractivity contribution in [1.82, 2.24) is 0 Å². The van der Waals surface area contributed by atoms with E-state index in [1.54, 1.807) is 0 Å². The minimum absolute atomic E-state index is 0.980. The van der Waals surface area contributed by atoms with Crippen molar-refractivity contribution in [1.29, 1.82) is 0 Å². The summed E-state index contributed by atoms with van der Waals surface area (Å²) in [6.07, 6.45) is 7.16. The summed E-state index contributed by atoms with van der Waals surface area (Å²) in [5, 5.41) is 0. The second-order valence-corrected chi connectivity index (χ2v) is 15.6. The molecule has 2 nitrogen and oxygen atoms in total. The smallest absolute Gasteiger partial charge is 0.418 e. The number of pyridine rings is 2. The van der Waals surface area contributed by atoms with Crippen LogP contribution in [-0.2, 0) is 13.1 Å². The van der Waals surface area contributed by atoms with Gasteiger partial charge in [0.1, 0.15) is 13.1 Å². The second kappa shape index (κ2) is 23.9. The van der Waals surface area contributed by atoms with Gasteiger partial charge in [-0.05, 0) is 83.6 Å². The van der Waals surface area contributed by atoms with E-state index in [4.69, 9.17) is 0 Å². The molecule has 338 valence electrons. The van der Waals surface area contributed by atoms with E-state index in [2.05, 4.69) is 215 Å². The standard InChI is InChI=1S/C54H50N2.2BF4/c1(3-23-37-55-51(45-29-15-7-16-30-45)39-49(43-25-11-5-12-26-43)40-52(55)46-31-17-8-18-32-46)2-4-24-38-56-53(47-33-19-9-20-34-47)41-50(44-27-13-6-14-28-44)42-54(56)48-35-21-10-22-36-48;2*2-1(3,4)5/h5-22,25-36,39-42H,1-4,23-24,37-38H2;;/q+2;2*-1. The fraction of sp³-hybridized carbons (Fsp3) is 0.148. The molecule has 0 saturated heterocycles. The van der Waals surface area contributed by atoms with Gasteiger partial charge in [0.25, 0.3) is 0 Å². The molecule has 0 spiro atoms. The van der Waals surface area contributed by atoms with Crippen LogP contribution in [0.4, 0.5) is 34.5 Å². The topological polar surface area (TPSA) is 7.76 Å². The summed E-state index contributed by atoms with van der Waals surface area (Å²) in [5.41, 5.74) is 15.1. The summed E-state index contributed by atoms with van der Waals surface area (Å²) in [5.74, 6) is 0. The largest absolute Gasteiger partial charge is 0.673 e. The summed E-state index contributed by atoms with van der Waals surface area (Å²) in [7, 11) is -12.0. The summed E-state index contributed by atoms with van der Waals surface area (Å²) in [6.45, 7) is 1.96. The Hall–Kier alpha value is -6.81. The lowest BCUT2D eigenvalue weighted by atomic mass is 9.98. The number of benzene rings is 6. The van der Waals surface area contributed by atoms with Crippen molar-refractivity contribution in [3.05, 3.63) is 206 Å². The van der Waals surface area contributed by atoms with Crippen LogP contribution < -0.4 is 9.13 Å². The predicted molar refractivity (Wildman–Crippen MR) is 254 cm³/mol. The Kier molecular flexibility index (Phi) is 17.6. The van der Waals surface area contributed by atoms with Gasteiger partial charge >= 0.3 is 14.5 Å². The van der Waals surface area contributed by atoms with Crippen LogP contribution in [0.5, 0.6) is 0 Å². The van der Waals surface area contributed by atoms with Crippen molar-refractivity contribution >= 4 is 14.5 Å². The van der Waals surface area contributed by atoms with E-state index in [1.807, 2.05) is 0 Å². The van der Waals surface area contributed by atoms with Crippen LogP contribution in [0.25, 0.3) is 67.3 Å². The first-order valence-electron chi connectivity index (χ1n) is 22.0. The SMILES string of the molecule is F[B-](F)(F)F.F[B-](F)(F)F.c1ccc(-c2cc(-c3ccccc3)[n+](CCCCCCCC[n+]3c(-c4ccccc4)cc(-c4ccccc4)cc3-c3ccccc3)c(-c3ccccc3)c2)cc1. The van der Waals surface area contributed by atoms with E-state index in [1.165, 1.54) is 93.0 Å². The van der Waals surface area contributed by atoms with Gasteiger partial charge in [-0.1, -0.05) is 146 Å². The molecule has 0 atom stereocenters. The molecule has 0 aliphatic carbocycles. The molecule has 12 heteroatoms. The Morgan fingerprint density at radius 1 is 0.242 bits per heavy atom. The second-order valence-electron chi connectivity index (χ2n) is 15.6. The van der Waals surface area contributed by atoms with Gasteiger partial charge in [0, 0.05) is 59.4 Å². The van der Waals surface area contributed by atoms with Crippen LogP contribution in [0.15, 0.2) is 206 Å². The summed E-state index contributed by atoms with van der Waals surface area (Å²) >= 11 is 0. The molecule has 8 rings (SSSR count). The van der Waals surface area contributed by atoms with Crippen LogP contribution in [0, 0.1) is 0 Å². The molecule has 0 amide bonds. The zero-order valence-corrected chi connectivity index (χ0v) is 36.4. The molecule has 0 fully saturated rings. The maximum absolute atomic E-state index is 9.75. The van der Waals surface area contributed by atoms with E-state index < -0.39 is 14.5 Å². The third-order valence-corrected chi connectivity index (χ3v) is 10.8. The molecule has 0 unspecified atom stereocenters. The normalized spacial score (nSPS) is 11.2. The molecule has 0 bridgehead atoms. The third kappa shape index (κ3) is 15.4. The van der Waals surface area contributed by atoms with Crippen molar-refractivity contribution < 1.29 is 43.7 Å². The number of hydrogen-bond acceptors (Lipinski definition) is 0. The Morgan fingerprint density at radius 2 is 0.424 bits per heavy atom. The van der Waals surface area contributed by atoms with Crippen LogP contribution in [0.2, 0.25) is 0 Å². The molecular formula is C54H50B2F8N2. The molecule has 6 aromatic carbocycles. The van der Waals surface area contributed by atoms with Crippen molar-refractivity contribution in [3.8, 4) is 67.3 Å². The zero-order chi connectivity index (χ0) is 46.8. The molecule has 2 aromatic heterocycles. The molecule has 0 aliphatic heterocycles. The van der Waals surface area contributed by atoms with E-state index >= 15 is 0 Å². The van der Waals surface area contributed by atoms with E-state index in [0.717, 1.165) is 25.9 Å². The lowest BCUT2D eigenvalue weighted by molar-refractivity contribution is -0.676. The quantitative estimate of drug-likeness (QED) is 0.0419. The van der Waals surface area contributed by atoms with E-state index in [9.17, 15) is 34.5 Å². The van der Waals surface area contributed by atoms with Gasteiger partial charge in [-0.2, -0.15) is 9.13 Å². The lowest BCUT2D eigenvalue weighted by Crippen LogP contribution is -2.39. The number of nitrogens with zero attached hydrogens (tertiary/aromatic N) is 2. The minimum atomic E-state index is -6.00. The minimum Gasteiger partial charge on any atom is -0.418 e. The Morgan fingerprint density at radius 3 is 0.636 bits per heavy atom. The Labute approximate surface area is 382 Å².